The van der Waals surface area contributed by atoms with E-state index in [9.17, 15) is 13.2 Å². The number of aryl methyl sites for hydroxylation is 1. The molecule has 1 aliphatic rings. The lowest BCUT2D eigenvalue weighted by molar-refractivity contribution is 0.103. The molecule has 0 atom stereocenters. The summed E-state index contributed by atoms with van der Waals surface area (Å²) >= 11 is 0. The van der Waals surface area contributed by atoms with Crippen molar-refractivity contribution in [3.8, 4) is 5.75 Å². The van der Waals surface area contributed by atoms with Crippen molar-refractivity contribution < 1.29 is 17.9 Å². The number of ketones is 1. The van der Waals surface area contributed by atoms with Crippen LogP contribution in [0.3, 0.4) is 0 Å². The molecule has 0 aromatic heterocycles. The van der Waals surface area contributed by atoms with Gasteiger partial charge in [-0.2, -0.15) is 0 Å². The van der Waals surface area contributed by atoms with Gasteiger partial charge in [0.2, 0.25) is 0 Å². The van der Waals surface area contributed by atoms with Crippen LogP contribution in [-0.4, -0.2) is 20.3 Å². The summed E-state index contributed by atoms with van der Waals surface area (Å²) in [4.78, 5) is 13.0. The highest BCUT2D eigenvalue weighted by atomic mass is 32.2. The molecule has 0 unspecified atom stereocenters. The van der Waals surface area contributed by atoms with Gasteiger partial charge in [-0.15, -0.1) is 0 Å². The monoisotopic (exact) mass is 330 g/mol. The van der Waals surface area contributed by atoms with Gasteiger partial charge in [0.25, 0.3) is 0 Å². The highest BCUT2D eigenvalue weighted by Gasteiger charge is 2.32. The molecule has 120 valence electrons. The van der Waals surface area contributed by atoms with Gasteiger partial charge in [0.1, 0.15) is 5.75 Å². The van der Waals surface area contributed by atoms with Crippen LogP contribution in [-0.2, 0) is 15.6 Å². The van der Waals surface area contributed by atoms with E-state index in [1.807, 2.05) is 20.8 Å². The third-order valence-electron chi connectivity index (χ3n) is 3.79. The Balaban J connectivity index is 2.28. The first kappa shape index (κ1) is 15.7. The number of sulfone groups is 1. The Morgan fingerprint density at radius 1 is 1.09 bits per heavy atom. The zero-order valence-corrected chi connectivity index (χ0v) is 14.1. The normalized spacial score (nSPS) is 15.7. The van der Waals surface area contributed by atoms with Crippen molar-refractivity contribution in [2.45, 2.75) is 37.5 Å². The molecular formula is C18H18O4S. The number of fused-ring (bicyclic) bond motifs is 2. The molecule has 0 N–H and O–H groups in total. The van der Waals surface area contributed by atoms with E-state index in [2.05, 4.69) is 0 Å². The molecule has 0 aliphatic carbocycles. The summed E-state index contributed by atoms with van der Waals surface area (Å²) in [6.45, 7) is 5.54. The number of benzene rings is 2. The lowest BCUT2D eigenvalue weighted by Crippen LogP contribution is -2.11. The van der Waals surface area contributed by atoms with Gasteiger partial charge in [-0.3, -0.25) is 4.79 Å². The molecule has 0 saturated heterocycles. The minimum Gasteiger partial charge on any atom is -0.491 e. The van der Waals surface area contributed by atoms with Gasteiger partial charge < -0.3 is 4.74 Å². The highest BCUT2D eigenvalue weighted by molar-refractivity contribution is 7.90. The van der Waals surface area contributed by atoms with Crippen LogP contribution in [0.25, 0.3) is 0 Å². The van der Waals surface area contributed by atoms with Crippen LogP contribution in [0.15, 0.2) is 41.3 Å². The fourth-order valence-electron chi connectivity index (χ4n) is 2.78. The first-order chi connectivity index (χ1) is 10.8. The Kier molecular flexibility index (Phi) is 3.76. The quantitative estimate of drug-likeness (QED) is 0.847. The van der Waals surface area contributed by atoms with Gasteiger partial charge >= 0.3 is 0 Å². The summed E-state index contributed by atoms with van der Waals surface area (Å²) < 4.78 is 31.3. The Morgan fingerprint density at radius 2 is 1.83 bits per heavy atom. The maximum Gasteiger partial charge on any atom is 0.194 e. The number of carbonyl (C=O) groups is 1. The number of carbonyl (C=O) groups excluding carboxylic acids is 1. The molecule has 0 spiro atoms. The van der Waals surface area contributed by atoms with Gasteiger partial charge in [-0.1, -0.05) is 18.2 Å². The first-order valence-electron chi connectivity index (χ1n) is 7.46. The van der Waals surface area contributed by atoms with Crippen molar-refractivity contribution >= 4 is 15.6 Å². The van der Waals surface area contributed by atoms with Gasteiger partial charge in [0.05, 0.1) is 16.8 Å². The number of rotatable bonds is 2. The molecule has 1 heterocycles. The molecule has 0 fully saturated rings. The van der Waals surface area contributed by atoms with E-state index < -0.39 is 9.84 Å². The second-order valence-electron chi connectivity index (χ2n) is 6.04. The van der Waals surface area contributed by atoms with Crippen molar-refractivity contribution in [2.24, 2.45) is 0 Å². The first-order valence-corrected chi connectivity index (χ1v) is 9.11. The summed E-state index contributed by atoms with van der Waals surface area (Å²) in [7, 11) is -3.61. The number of hydrogen-bond donors (Lipinski definition) is 0. The van der Waals surface area contributed by atoms with Crippen molar-refractivity contribution in [2.75, 3.05) is 0 Å². The fourth-order valence-corrected chi connectivity index (χ4v) is 4.47. The molecule has 0 radical (unpaired) electrons. The lowest BCUT2D eigenvalue weighted by atomic mass is 9.98. The summed E-state index contributed by atoms with van der Waals surface area (Å²) in [5.74, 6) is -0.0443. The summed E-state index contributed by atoms with van der Waals surface area (Å²) in [6.07, 6.45) is -0.104. The molecule has 0 amide bonds. The second kappa shape index (κ2) is 5.49. The van der Waals surface area contributed by atoms with Crippen LogP contribution in [0.5, 0.6) is 5.75 Å². The molecule has 0 bridgehead atoms. The molecule has 2 aromatic carbocycles. The largest absolute Gasteiger partial charge is 0.491 e. The third kappa shape index (κ3) is 2.77. The third-order valence-corrected chi connectivity index (χ3v) is 5.47. The van der Waals surface area contributed by atoms with Crippen molar-refractivity contribution in [3.63, 3.8) is 0 Å². The molecule has 4 nitrogen and oxygen atoms in total. The summed E-state index contributed by atoms with van der Waals surface area (Å²) in [5, 5.41) is 0. The average Bonchev–Trinajstić information content (AvgIpc) is 2.54. The van der Waals surface area contributed by atoms with Crippen LogP contribution >= 0.6 is 0 Å². The fraction of sp³-hybridized carbons (Fsp3) is 0.278. The Hall–Kier alpha value is -2.14. The number of hydrogen-bond acceptors (Lipinski definition) is 4. The zero-order chi connectivity index (χ0) is 16.8. The predicted octanol–water partition coefficient (Wildman–Crippen LogP) is 3.30. The van der Waals surface area contributed by atoms with E-state index in [0.29, 0.717) is 16.9 Å². The van der Waals surface area contributed by atoms with E-state index in [4.69, 9.17) is 4.74 Å². The topological polar surface area (TPSA) is 60.4 Å². The minimum absolute atomic E-state index is 0.104. The molecular weight excluding hydrogens is 312 g/mol. The second-order valence-corrected chi connectivity index (χ2v) is 7.99. The van der Waals surface area contributed by atoms with E-state index in [1.54, 1.807) is 36.4 Å². The standard InChI is InChI=1S/C18H18O4S/c1-11(2)22-16-6-4-5-13-15(16)10-23(20,21)17-9-12(3)7-8-14(17)18(13)19/h4-9,11H,10H2,1-3H3. The molecule has 23 heavy (non-hydrogen) atoms. The smallest absolute Gasteiger partial charge is 0.194 e. The molecule has 0 saturated carbocycles. The Bertz CT molecular complexity index is 895. The Labute approximate surface area is 136 Å². The molecule has 3 rings (SSSR count). The van der Waals surface area contributed by atoms with Gasteiger partial charge in [-0.25, -0.2) is 8.42 Å². The highest BCUT2D eigenvalue weighted by Crippen LogP contribution is 2.35. The minimum atomic E-state index is -3.61. The number of ether oxygens (including phenoxy) is 1. The molecule has 5 heteroatoms. The van der Waals surface area contributed by atoms with E-state index in [0.717, 1.165) is 5.56 Å². The SMILES string of the molecule is Cc1ccc2c(c1)S(=O)(=O)Cc1c(OC(C)C)cccc1C2=O. The maximum absolute atomic E-state index is 12.8. The van der Waals surface area contributed by atoms with E-state index in [-0.39, 0.29) is 28.1 Å². The zero-order valence-electron chi connectivity index (χ0n) is 13.3. The Morgan fingerprint density at radius 3 is 2.52 bits per heavy atom. The van der Waals surface area contributed by atoms with Crippen molar-refractivity contribution in [1.82, 2.24) is 0 Å². The van der Waals surface area contributed by atoms with Crippen molar-refractivity contribution in [1.29, 1.82) is 0 Å². The van der Waals surface area contributed by atoms with Gasteiger partial charge in [0, 0.05) is 16.7 Å². The molecule has 1 aliphatic heterocycles. The van der Waals surface area contributed by atoms with Gasteiger partial charge in [-0.05, 0) is 44.5 Å². The van der Waals surface area contributed by atoms with Crippen LogP contribution in [0.2, 0.25) is 0 Å². The average molecular weight is 330 g/mol. The van der Waals surface area contributed by atoms with Crippen LogP contribution in [0.4, 0.5) is 0 Å². The van der Waals surface area contributed by atoms with Crippen LogP contribution in [0, 0.1) is 6.92 Å². The van der Waals surface area contributed by atoms with Gasteiger partial charge in [0.15, 0.2) is 15.6 Å². The van der Waals surface area contributed by atoms with Crippen LogP contribution < -0.4 is 4.74 Å². The van der Waals surface area contributed by atoms with E-state index >= 15 is 0 Å². The van der Waals surface area contributed by atoms with Crippen molar-refractivity contribution in [3.05, 3.63) is 58.7 Å². The maximum atomic E-state index is 12.8. The summed E-state index contributed by atoms with van der Waals surface area (Å²) in [6, 6.07) is 10.0. The predicted molar refractivity (Wildman–Crippen MR) is 87.7 cm³/mol. The summed E-state index contributed by atoms with van der Waals surface area (Å²) in [5.41, 5.74) is 1.88. The van der Waals surface area contributed by atoms with Crippen LogP contribution in [0.1, 0.15) is 40.9 Å². The lowest BCUT2D eigenvalue weighted by Gasteiger charge is -2.15. The molecule has 2 aromatic rings. The van der Waals surface area contributed by atoms with E-state index in [1.165, 1.54) is 0 Å².